The molecule has 1 fully saturated rings. The second-order valence-corrected chi connectivity index (χ2v) is 6.07. The first-order valence-electron chi connectivity index (χ1n) is 6.55. The molecule has 1 saturated carbocycles. The van der Waals surface area contributed by atoms with E-state index < -0.39 is 0 Å². The Hall–Kier alpha value is -0.760. The maximum atomic E-state index is 12.1. The number of benzene rings is 1. The van der Waals surface area contributed by atoms with Crippen LogP contribution in [0.3, 0.4) is 0 Å². The molecule has 0 amide bonds. The zero-order valence-electron chi connectivity index (χ0n) is 10.4. The van der Waals surface area contributed by atoms with E-state index in [-0.39, 0.29) is 0 Å². The SMILES string of the molecule is CCSc1ccc(C(=O)CC2CCCC2)cc1. The van der Waals surface area contributed by atoms with E-state index in [0.29, 0.717) is 11.7 Å². The average Bonchev–Trinajstić information content (AvgIpc) is 2.83. The van der Waals surface area contributed by atoms with E-state index >= 15 is 0 Å². The molecule has 0 heterocycles. The predicted molar refractivity (Wildman–Crippen MR) is 73.7 cm³/mol. The summed E-state index contributed by atoms with van der Waals surface area (Å²) in [7, 11) is 0. The smallest absolute Gasteiger partial charge is 0.163 e. The van der Waals surface area contributed by atoms with Crippen LogP contribution in [0.1, 0.15) is 49.4 Å². The van der Waals surface area contributed by atoms with Crippen molar-refractivity contribution in [3.63, 3.8) is 0 Å². The zero-order chi connectivity index (χ0) is 12.1. The summed E-state index contributed by atoms with van der Waals surface area (Å²) < 4.78 is 0. The first-order chi connectivity index (χ1) is 8.29. The Morgan fingerprint density at radius 3 is 2.47 bits per heavy atom. The lowest BCUT2D eigenvalue weighted by Crippen LogP contribution is -2.05. The Balaban J connectivity index is 1.93. The molecule has 0 unspecified atom stereocenters. The molecule has 0 spiro atoms. The van der Waals surface area contributed by atoms with E-state index in [2.05, 4.69) is 19.1 Å². The highest BCUT2D eigenvalue weighted by Crippen LogP contribution is 2.29. The lowest BCUT2D eigenvalue weighted by molar-refractivity contribution is 0.0962. The Morgan fingerprint density at radius 2 is 1.88 bits per heavy atom. The van der Waals surface area contributed by atoms with E-state index in [1.807, 2.05) is 23.9 Å². The summed E-state index contributed by atoms with van der Waals surface area (Å²) in [5.41, 5.74) is 0.886. The molecular formula is C15H20OS. The van der Waals surface area contributed by atoms with Crippen LogP contribution < -0.4 is 0 Å². The molecule has 1 nitrogen and oxygen atoms in total. The van der Waals surface area contributed by atoms with Crippen molar-refractivity contribution in [1.82, 2.24) is 0 Å². The van der Waals surface area contributed by atoms with Crippen LogP contribution in [0.2, 0.25) is 0 Å². The van der Waals surface area contributed by atoms with Gasteiger partial charge in [0, 0.05) is 16.9 Å². The van der Waals surface area contributed by atoms with Crippen LogP contribution >= 0.6 is 11.8 Å². The lowest BCUT2D eigenvalue weighted by atomic mass is 9.97. The Labute approximate surface area is 108 Å². The number of carbonyl (C=O) groups excluding carboxylic acids is 1. The van der Waals surface area contributed by atoms with Gasteiger partial charge in [-0.15, -0.1) is 11.8 Å². The molecule has 0 N–H and O–H groups in total. The summed E-state index contributed by atoms with van der Waals surface area (Å²) >= 11 is 1.82. The van der Waals surface area contributed by atoms with Gasteiger partial charge in [-0.2, -0.15) is 0 Å². The van der Waals surface area contributed by atoms with Gasteiger partial charge in [0.05, 0.1) is 0 Å². The molecular weight excluding hydrogens is 228 g/mol. The highest BCUT2D eigenvalue weighted by molar-refractivity contribution is 7.99. The van der Waals surface area contributed by atoms with E-state index in [4.69, 9.17) is 0 Å². The van der Waals surface area contributed by atoms with Gasteiger partial charge in [0.2, 0.25) is 0 Å². The molecule has 0 atom stereocenters. The van der Waals surface area contributed by atoms with Crippen LogP contribution in [0.5, 0.6) is 0 Å². The third-order valence-corrected chi connectivity index (χ3v) is 4.33. The highest BCUT2D eigenvalue weighted by Gasteiger charge is 2.19. The van der Waals surface area contributed by atoms with Crippen molar-refractivity contribution in [2.24, 2.45) is 5.92 Å². The van der Waals surface area contributed by atoms with Gasteiger partial charge in [-0.05, 0) is 23.8 Å². The molecule has 0 aromatic heterocycles. The van der Waals surface area contributed by atoms with E-state index in [0.717, 1.165) is 17.7 Å². The van der Waals surface area contributed by atoms with E-state index in [9.17, 15) is 4.79 Å². The van der Waals surface area contributed by atoms with Crippen LogP contribution in [0.4, 0.5) is 0 Å². The van der Waals surface area contributed by atoms with Crippen LogP contribution in [-0.2, 0) is 0 Å². The minimum atomic E-state index is 0.324. The molecule has 2 heteroatoms. The number of rotatable bonds is 5. The molecule has 92 valence electrons. The van der Waals surface area contributed by atoms with Crippen LogP contribution in [0.25, 0.3) is 0 Å². The van der Waals surface area contributed by atoms with Crippen LogP contribution in [0, 0.1) is 5.92 Å². The standard InChI is InChI=1S/C15H20OS/c1-2-17-14-9-7-13(8-10-14)15(16)11-12-5-3-4-6-12/h7-10,12H,2-6,11H2,1H3. The number of ketones is 1. The fourth-order valence-electron chi connectivity index (χ4n) is 2.50. The largest absolute Gasteiger partial charge is 0.294 e. The van der Waals surface area contributed by atoms with E-state index in [1.54, 1.807) is 0 Å². The molecule has 1 aromatic rings. The number of Topliss-reactive ketones (excluding diaryl/α,β-unsaturated/α-hetero) is 1. The Morgan fingerprint density at radius 1 is 1.24 bits per heavy atom. The predicted octanol–water partition coefficient (Wildman–Crippen LogP) is 4.56. The van der Waals surface area contributed by atoms with Gasteiger partial charge in [-0.1, -0.05) is 44.7 Å². The molecule has 17 heavy (non-hydrogen) atoms. The minimum absolute atomic E-state index is 0.324. The van der Waals surface area contributed by atoms with Gasteiger partial charge in [0.1, 0.15) is 0 Å². The molecule has 0 aliphatic heterocycles. The maximum absolute atomic E-state index is 12.1. The first-order valence-corrected chi connectivity index (χ1v) is 7.54. The molecule has 0 bridgehead atoms. The Kier molecular flexibility index (Phi) is 4.66. The summed E-state index contributed by atoms with van der Waals surface area (Å²) in [5.74, 6) is 2.05. The molecule has 1 aliphatic carbocycles. The van der Waals surface area contributed by atoms with Gasteiger partial charge in [-0.25, -0.2) is 0 Å². The van der Waals surface area contributed by atoms with Gasteiger partial charge in [0.25, 0.3) is 0 Å². The second kappa shape index (κ2) is 6.25. The van der Waals surface area contributed by atoms with Crippen molar-refractivity contribution < 1.29 is 4.79 Å². The van der Waals surface area contributed by atoms with Gasteiger partial charge in [-0.3, -0.25) is 4.79 Å². The van der Waals surface area contributed by atoms with Crippen molar-refractivity contribution in [1.29, 1.82) is 0 Å². The monoisotopic (exact) mass is 248 g/mol. The first kappa shape index (κ1) is 12.7. The molecule has 0 radical (unpaired) electrons. The summed E-state index contributed by atoms with van der Waals surface area (Å²) in [6.45, 7) is 2.14. The average molecular weight is 248 g/mol. The number of carbonyl (C=O) groups is 1. The van der Waals surface area contributed by atoms with Crippen LogP contribution in [-0.4, -0.2) is 11.5 Å². The summed E-state index contributed by atoms with van der Waals surface area (Å²) in [6, 6.07) is 8.09. The van der Waals surface area contributed by atoms with Crippen molar-refractivity contribution >= 4 is 17.5 Å². The summed E-state index contributed by atoms with van der Waals surface area (Å²) in [4.78, 5) is 13.3. The third-order valence-electron chi connectivity index (χ3n) is 3.44. The van der Waals surface area contributed by atoms with E-state index in [1.165, 1.54) is 30.6 Å². The molecule has 0 saturated heterocycles. The van der Waals surface area contributed by atoms with Crippen molar-refractivity contribution in [2.75, 3.05) is 5.75 Å². The Bertz CT molecular complexity index is 363. The maximum Gasteiger partial charge on any atom is 0.163 e. The molecule has 1 aliphatic rings. The summed E-state index contributed by atoms with van der Waals surface area (Å²) in [5, 5.41) is 0. The van der Waals surface area contributed by atoms with Gasteiger partial charge < -0.3 is 0 Å². The summed E-state index contributed by atoms with van der Waals surface area (Å²) in [6.07, 6.45) is 5.86. The number of hydrogen-bond acceptors (Lipinski definition) is 2. The minimum Gasteiger partial charge on any atom is -0.294 e. The van der Waals surface area contributed by atoms with Gasteiger partial charge in [0.15, 0.2) is 5.78 Å². The quantitative estimate of drug-likeness (QED) is 0.561. The fourth-order valence-corrected chi connectivity index (χ4v) is 3.16. The third kappa shape index (κ3) is 3.60. The highest BCUT2D eigenvalue weighted by atomic mass is 32.2. The van der Waals surface area contributed by atoms with Crippen molar-refractivity contribution in [2.45, 2.75) is 43.9 Å². The lowest BCUT2D eigenvalue weighted by Gasteiger charge is -2.08. The number of thioether (sulfide) groups is 1. The second-order valence-electron chi connectivity index (χ2n) is 4.74. The fraction of sp³-hybridized carbons (Fsp3) is 0.533. The molecule has 1 aromatic carbocycles. The van der Waals surface area contributed by atoms with Gasteiger partial charge >= 0.3 is 0 Å². The number of hydrogen-bond donors (Lipinski definition) is 0. The zero-order valence-corrected chi connectivity index (χ0v) is 11.3. The normalized spacial score (nSPS) is 16.3. The van der Waals surface area contributed by atoms with Crippen molar-refractivity contribution in [3.05, 3.63) is 29.8 Å². The molecule has 2 rings (SSSR count). The topological polar surface area (TPSA) is 17.1 Å². The van der Waals surface area contributed by atoms with Crippen LogP contribution in [0.15, 0.2) is 29.2 Å². The van der Waals surface area contributed by atoms with Crippen molar-refractivity contribution in [3.8, 4) is 0 Å².